The Morgan fingerprint density at radius 2 is 1.88 bits per heavy atom. The zero-order chi connectivity index (χ0) is 30.2. The molecule has 2 bridgehead atoms. The molecule has 0 unspecified atom stereocenters. The standard InChI is InChI=1S/C33H37N5O4S/c1-20-5-10-29(27(11-20)28-19-43-33(35-28)38-16-24-7-8-25(17-38)30(24)32(40)41)42-18-26-9-6-23(12-21(26)2)31(39)36(3)14-22-13-34-37(4)15-22/h5-6,9-13,15,19,24-25,30H,7-8,14,16-18H2,1-4H3,(H,40,41)/t24-,25-/m0/s1. The predicted octanol–water partition coefficient (Wildman–Crippen LogP) is 5.56. The summed E-state index contributed by atoms with van der Waals surface area (Å²) in [7, 11) is 3.66. The van der Waals surface area contributed by atoms with Crippen LogP contribution in [0.4, 0.5) is 5.13 Å². The van der Waals surface area contributed by atoms with Crippen molar-refractivity contribution >= 4 is 28.3 Å². The molecule has 0 radical (unpaired) electrons. The second-order valence-electron chi connectivity index (χ2n) is 12.0. The van der Waals surface area contributed by atoms with Gasteiger partial charge in [-0.15, -0.1) is 11.3 Å². The van der Waals surface area contributed by atoms with Crippen molar-refractivity contribution in [3.8, 4) is 17.0 Å². The molecule has 1 amide bonds. The number of anilines is 1. The van der Waals surface area contributed by atoms with E-state index in [2.05, 4.69) is 28.4 Å². The summed E-state index contributed by atoms with van der Waals surface area (Å²) in [6, 6.07) is 11.9. The van der Waals surface area contributed by atoms with E-state index in [9.17, 15) is 14.7 Å². The van der Waals surface area contributed by atoms with Crippen molar-refractivity contribution in [1.82, 2.24) is 19.7 Å². The fraction of sp³-hybridized carbons (Fsp3) is 0.394. The Kier molecular flexibility index (Phi) is 7.96. The molecule has 1 saturated heterocycles. The molecule has 43 heavy (non-hydrogen) atoms. The van der Waals surface area contributed by atoms with E-state index in [0.717, 1.165) is 70.3 Å². The van der Waals surface area contributed by atoms with Gasteiger partial charge >= 0.3 is 5.97 Å². The monoisotopic (exact) mass is 599 g/mol. The quantitative estimate of drug-likeness (QED) is 0.269. The van der Waals surface area contributed by atoms with Gasteiger partial charge in [-0.1, -0.05) is 17.7 Å². The number of aliphatic carboxylic acids is 1. The van der Waals surface area contributed by atoms with Crippen molar-refractivity contribution < 1.29 is 19.4 Å². The van der Waals surface area contributed by atoms with Crippen molar-refractivity contribution in [2.75, 3.05) is 25.0 Å². The van der Waals surface area contributed by atoms with Crippen LogP contribution >= 0.6 is 11.3 Å². The first-order valence-corrected chi connectivity index (χ1v) is 15.5. The molecule has 4 aromatic rings. The minimum atomic E-state index is -0.654. The number of thiazole rings is 1. The van der Waals surface area contributed by atoms with Crippen LogP contribution in [0.25, 0.3) is 11.3 Å². The molecular weight excluding hydrogens is 562 g/mol. The molecule has 9 nitrogen and oxygen atoms in total. The van der Waals surface area contributed by atoms with Crippen molar-refractivity contribution in [2.45, 2.75) is 39.8 Å². The maximum Gasteiger partial charge on any atom is 0.307 e. The molecule has 2 atom stereocenters. The summed E-state index contributed by atoms with van der Waals surface area (Å²) in [5, 5.41) is 16.9. The number of benzene rings is 2. The van der Waals surface area contributed by atoms with E-state index in [1.807, 2.05) is 50.5 Å². The lowest BCUT2D eigenvalue weighted by Gasteiger charge is -2.35. The lowest BCUT2D eigenvalue weighted by Crippen LogP contribution is -2.44. The predicted molar refractivity (Wildman–Crippen MR) is 166 cm³/mol. The molecule has 3 heterocycles. The Bertz CT molecular complexity index is 1650. The Morgan fingerprint density at radius 3 is 2.56 bits per heavy atom. The summed E-state index contributed by atoms with van der Waals surface area (Å²) in [6.45, 7) is 6.40. The first-order chi connectivity index (χ1) is 20.7. The molecule has 6 rings (SSSR count). The topological polar surface area (TPSA) is 101 Å². The third-order valence-electron chi connectivity index (χ3n) is 8.79. The Labute approximate surface area is 255 Å². The van der Waals surface area contributed by atoms with E-state index in [4.69, 9.17) is 9.72 Å². The van der Waals surface area contributed by atoms with Gasteiger partial charge in [-0.2, -0.15) is 5.10 Å². The van der Waals surface area contributed by atoms with E-state index in [1.54, 1.807) is 34.2 Å². The summed E-state index contributed by atoms with van der Waals surface area (Å²) >= 11 is 1.60. The molecule has 2 fully saturated rings. The van der Waals surface area contributed by atoms with Gasteiger partial charge in [-0.05, 0) is 73.9 Å². The Balaban J connectivity index is 1.14. The van der Waals surface area contributed by atoms with E-state index in [1.165, 1.54) is 0 Å². The van der Waals surface area contributed by atoms with Gasteiger partial charge < -0.3 is 19.6 Å². The van der Waals surface area contributed by atoms with Crippen LogP contribution in [0.3, 0.4) is 0 Å². The molecular formula is C33H37N5O4S. The average Bonchev–Trinajstić information content (AvgIpc) is 3.70. The van der Waals surface area contributed by atoms with Gasteiger partial charge in [-0.3, -0.25) is 14.3 Å². The highest BCUT2D eigenvalue weighted by molar-refractivity contribution is 7.14. The van der Waals surface area contributed by atoms with Gasteiger partial charge in [0.1, 0.15) is 12.4 Å². The van der Waals surface area contributed by atoms with E-state index >= 15 is 0 Å². The van der Waals surface area contributed by atoms with Crippen LogP contribution in [0.5, 0.6) is 5.75 Å². The molecule has 1 aliphatic heterocycles. The van der Waals surface area contributed by atoms with E-state index < -0.39 is 5.97 Å². The number of fused-ring (bicyclic) bond motifs is 2. The first kappa shape index (κ1) is 28.9. The van der Waals surface area contributed by atoms with Crippen molar-refractivity contribution in [2.24, 2.45) is 24.8 Å². The zero-order valence-electron chi connectivity index (χ0n) is 25.0. The lowest BCUT2D eigenvalue weighted by atomic mass is 9.85. The normalized spacial score (nSPS) is 19.4. The minimum absolute atomic E-state index is 0.0419. The van der Waals surface area contributed by atoms with Crippen LogP contribution < -0.4 is 9.64 Å². The second kappa shape index (κ2) is 11.8. The van der Waals surface area contributed by atoms with Crippen molar-refractivity contribution in [3.63, 3.8) is 0 Å². The molecule has 1 saturated carbocycles. The largest absolute Gasteiger partial charge is 0.488 e. The molecule has 2 aromatic heterocycles. The number of aromatic nitrogens is 3. The minimum Gasteiger partial charge on any atom is -0.488 e. The summed E-state index contributed by atoms with van der Waals surface area (Å²) in [6.07, 6.45) is 5.63. The van der Waals surface area contributed by atoms with Crippen molar-refractivity contribution in [1.29, 1.82) is 0 Å². The molecule has 1 aliphatic carbocycles. The number of carbonyl (C=O) groups excluding carboxylic acids is 1. The van der Waals surface area contributed by atoms with Crippen molar-refractivity contribution in [3.05, 3.63) is 82.0 Å². The SMILES string of the molecule is Cc1ccc(OCc2ccc(C(=O)N(C)Cc3cnn(C)c3)cc2C)c(-c2csc(N3C[C@@H]4CC[C@@H](C3)C4C(=O)O)n2)c1. The highest BCUT2D eigenvalue weighted by Crippen LogP contribution is 2.44. The van der Waals surface area contributed by atoms with Gasteiger partial charge in [0.15, 0.2) is 5.13 Å². The fourth-order valence-corrected chi connectivity index (χ4v) is 7.40. The molecule has 10 heteroatoms. The number of aryl methyl sites for hydroxylation is 3. The number of carboxylic acid groups (broad SMARTS) is 1. The van der Waals surface area contributed by atoms with Gasteiger partial charge in [0.05, 0.1) is 17.8 Å². The molecule has 1 N–H and O–H groups in total. The first-order valence-electron chi connectivity index (χ1n) is 14.7. The van der Waals surface area contributed by atoms with E-state index in [0.29, 0.717) is 18.7 Å². The number of carboxylic acids is 1. The van der Waals surface area contributed by atoms with Crippen LogP contribution in [0.15, 0.2) is 54.2 Å². The number of ether oxygens (including phenoxy) is 1. The number of nitrogens with zero attached hydrogens (tertiary/aromatic N) is 5. The highest BCUT2D eigenvalue weighted by atomic mass is 32.1. The molecule has 2 aliphatic rings. The number of piperidine rings is 1. The fourth-order valence-electron chi connectivity index (χ4n) is 6.55. The lowest BCUT2D eigenvalue weighted by molar-refractivity contribution is -0.144. The van der Waals surface area contributed by atoms with Crippen LogP contribution in [0.1, 0.15) is 45.5 Å². The third-order valence-corrected chi connectivity index (χ3v) is 9.69. The summed E-state index contributed by atoms with van der Waals surface area (Å²) in [5.41, 5.74) is 6.54. The smallest absolute Gasteiger partial charge is 0.307 e. The number of amides is 1. The zero-order valence-corrected chi connectivity index (χ0v) is 25.8. The van der Waals surface area contributed by atoms with Gasteiger partial charge in [0, 0.05) is 62.0 Å². The van der Waals surface area contributed by atoms with Crippen LogP contribution in [-0.4, -0.2) is 56.8 Å². The number of rotatable bonds is 9. The van der Waals surface area contributed by atoms with Crippen LogP contribution in [0.2, 0.25) is 0 Å². The highest BCUT2D eigenvalue weighted by Gasteiger charge is 2.46. The second-order valence-corrected chi connectivity index (χ2v) is 12.8. The number of hydrogen-bond donors (Lipinski definition) is 1. The van der Waals surface area contributed by atoms with E-state index in [-0.39, 0.29) is 23.7 Å². The average molecular weight is 600 g/mol. The Morgan fingerprint density at radius 1 is 1.12 bits per heavy atom. The Hall–Kier alpha value is -4.18. The maximum absolute atomic E-state index is 13.1. The van der Waals surface area contributed by atoms with Gasteiger partial charge in [0.2, 0.25) is 0 Å². The molecule has 2 aromatic carbocycles. The number of hydrogen-bond acceptors (Lipinski definition) is 7. The summed E-state index contributed by atoms with van der Waals surface area (Å²) < 4.78 is 8.09. The number of carbonyl (C=O) groups is 2. The van der Waals surface area contributed by atoms with Crippen LogP contribution in [-0.2, 0) is 25.0 Å². The van der Waals surface area contributed by atoms with Gasteiger partial charge in [-0.25, -0.2) is 4.98 Å². The summed E-state index contributed by atoms with van der Waals surface area (Å²) in [4.78, 5) is 33.8. The third kappa shape index (κ3) is 6.01. The molecule has 224 valence electrons. The molecule has 0 spiro atoms. The maximum atomic E-state index is 13.1. The van der Waals surface area contributed by atoms with Gasteiger partial charge in [0.25, 0.3) is 5.91 Å². The van der Waals surface area contributed by atoms with Crippen LogP contribution in [0, 0.1) is 31.6 Å². The summed E-state index contributed by atoms with van der Waals surface area (Å²) in [5.74, 6) is 0.206.